The summed E-state index contributed by atoms with van der Waals surface area (Å²) in [5, 5.41) is 6.08. The number of hydrogen-bond acceptors (Lipinski definition) is 5. The summed E-state index contributed by atoms with van der Waals surface area (Å²) in [5.41, 5.74) is 1.55. The first kappa shape index (κ1) is 15.5. The summed E-state index contributed by atoms with van der Waals surface area (Å²) in [6, 6.07) is 5.39. The van der Waals surface area contributed by atoms with Crippen LogP contribution in [-0.2, 0) is 14.8 Å². The van der Waals surface area contributed by atoms with Crippen molar-refractivity contribution in [3.05, 3.63) is 30.6 Å². The van der Waals surface area contributed by atoms with Gasteiger partial charge in [-0.25, -0.2) is 8.42 Å². The standard InChI is InChI=1S/C13H18N4O3S/c1-10(6-8-20-2)21(18,19)17-12-9-15-16-13(12)11-5-3-4-7-14-11/h3-5,7,9-10,17H,6,8H2,1-2H3,(H,15,16). The van der Waals surface area contributed by atoms with E-state index in [-0.39, 0.29) is 0 Å². The molecular formula is C13H18N4O3S. The van der Waals surface area contributed by atoms with Crippen molar-refractivity contribution in [1.82, 2.24) is 15.2 Å². The van der Waals surface area contributed by atoms with Gasteiger partial charge >= 0.3 is 0 Å². The fraction of sp³-hybridized carbons (Fsp3) is 0.385. The van der Waals surface area contributed by atoms with Gasteiger partial charge in [0.25, 0.3) is 0 Å². The van der Waals surface area contributed by atoms with E-state index in [4.69, 9.17) is 4.74 Å². The molecule has 0 saturated heterocycles. The summed E-state index contributed by atoms with van der Waals surface area (Å²) in [6.07, 6.45) is 3.49. The maximum absolute atomic E-state index is 12.3. The Morgan fingerprint density at radius 2 is 2.24 bits per heavy atom. The van der Waals surface area contributed by atoms with Gasteiger partial charge in [0.2, 0.25) is 10.0 Å². The molecule has 0 spiro atoms. The highest BCUT2D eigenvalue weighted by Gasteiger charge is 2.22. The lowest BCUT2D eigenvalue weighted by atomic mass is 10.2. The molecule has 0 fully saturated rings. The Kier molecular flexibility index (Phi) is 4.92. The highest BCUT2D eigenvalue weighted by Crippen LogP contribution is 2.25. The first-order valence-corrected chi connectivity index (χ1v) is 8.04. The third kappa shape index (κ3) is 3.79. The first-order valence-electron chi connectivity index (χ1n) is 6.50. The lowest BCUT2D eigenvalue weighted by Gasteiger charge is -2.14. The lowest BCUT2D eigenvalue weighted by Crippen LogP contribution is -2.26. The molecule has 114 valence electrons. The number of anilines is 1. The SMILES string of the molecule is COCCC(C)S(=O)(=O)Nc1cn[nH]c1-c1ccccn1. The zero-order chi connectivity index (χ0) is 15.3. The number of nitrogens with zero attached hydrogens (tertiary/aromatic N) is 2. The van der Waals surface area contributed by atoms with Crippen LogP contribution in [0, 0.1) is 0 Å². The number of aromatic nitrogens is 3. The van der Waals surface area contributed by atoms with E-state index in [1.807, 2.05) is 6.07 Å². The molecule has 2 rings (SSSR count). The number of ether oxygens (including phenoxy) is 1. The second-order valence-electron chi connectivity index (χ2n) is 4.61. The zero-order valence-corrected chi connectivity index (χ0v) is 12.7. The minimum atomic E-state index is -3.50. The van der Waals surface area contributed by atoms with Crippen LogP contribution in [0.2, 0.25) is 0 Å². The van der Waals surface area contributed by atoms with Crippen LogP contribution >= 0.6 is 0 Å². The number of rotatable bonds is 7. The molecule has 7 nitrogen and oxygen atoms in total. The van der Waals surface area contributed by atoms with Gasteiger partial charge in [-0.3, -0.25) is 14.8 Å². The summed E-state index contributed by atoms with van der Waals surface area (Å²) >= 11 is 0. The van der Waals surface area contributed by atoms with Crippen molar-refractivity contribution in [2.45, 2.75) is 18.6 Å². The van der Waals surface area contributed by atoms with Crippen molar-refractivity contribution in [1.29, 1.82) is 0 Å². The monoisotopic (exact) mass is 310 g/mol. The topological polar surface area (TPSA) is 97.0 Å². The van der Waals surface area contributed by atoms with Crippen LogP contribution in [0.15, 0.2) is 30.6 Å². The number of H-pyrrole nitrogens is 1. The Morgan fingerprint density at radius 3 is 2.90 bits per heavy atom. The van der Waals surface area contributed by atoms with Crippen LogP contribution < -0.4 is 4.72 Å². The normalized spacial score (nSPS) is 13.0. The molecule has 0 aromatic carbocycles. The third-order valence-electron chi connectivity index (χ3n) is 3.07. The molecule has 2 heterocycles. The average Bonchev–Trinajstić information content (AvgIpc) is 2.93. The highest BCUT2D eigenvalue weighted by atomic mass is 32.2. The lowest BCUT2D eigenvalue weighted by molar-refractivity contribution is 0.194. The maximum atomic E-state index is 12.3. The average molecular weight is 310 g/mol. The van der Waals surface area contributed by atoms with Gasteiger partial charge in [0.05, 0.1) is 22.8 Å². The van der Waals surface area contributed by atoms with Gasteiger partial charge in [-0.15, -0.1) is 0 Å². The van der Waals surface area contributed by atoms with Crippen LogP contribution in [-0.4, -0.2) is 42.6 Å². The van der Waals surface area contributed by atoms with Crippen LogP contribution in [0.3, 0.4) is 0 Å². The molecule has 1 unspecified atom stereocenters. The summed E-state index contributed by atoms with van der Waals surface area (Å²) in [4.78, 5) is 4.18. The Morgan fingerprint density at radius 1 is 1.43 bits per heavy atom. The third-order valence-corrected chi connectivity index (χ3v) is 4.87. The molecule has 0 aliphatic carbocycles. The predicted molar refractivity (Wildman–Crippen MR) is 80.3 cm³/mol. The van der Waals surface area contributed by atoms with Gasteiger partial charge in [0, 0.05) is 19.9 Å². The number of hydrogen-bond donors (Lipinski definition) is 2. The van der Waals surface area contributed by atoms with E-state index in [0.717, 1.165) is 0 Å². The number of pyridine rings is 1. The molecule has 1 atom stereocenters. The molecule has 2 N–H and O–H groups in total. The second kappa shape index (κ2) is 6.68. The Balaban J connectivity index is 2.19. The van der Waals surface area contributed by atoms with Crippen LogP contribution in [0.1, 0.15) is 13.3 Å². The van der Waals surface area contributed by atoms with E-state index in [9.17, 15) is 8.42 Å². The van der Waals surface area contributed by atoms with Crippen molar-refractivity contribution in [3.63, 3.8) is 0 Å². The largest absolute Gasteiger partial charge is 0.385 e. The Bertz CT molecular complexity index is 670. The van der Waals surface area contributed by atoms with Crippen molar-refractivity contribution in [2.24, 2.45) is 0 Å². The van der Waals surface area contributed by atoms with E-state index in [0.29, 0.717) is 30.1 Å². The van der Waals surface area contributed by atoms with Gasteiger partial charge in [-0.2, -0.15) is 5.10 Å². The minimum absolute atomic E-state index is 0.387. The molecule has 21 heavy (non-hydrogen) atoms. The van der Waals surface area contributed by atoms with Crippen LogP contribution in [0.4, 0.5) is 5.69 Å². The van der Waals surface area contributed by atoms with E-state index >= 15 is 0 Å². The molecule has 0 radical (unpaired) electrons. The van der Waals surface area contributed by atoms with Gasteiger partial charge in [-0.05, 0) is 25.5 Å². The Labute approximate surface area is 123 Å². The van der Waals surface area contributed by atoms with Gasteiger partial charge in [0.15, 0.2) is 0 Å². The van der Waals surface area contributed by atoms with Gasteiger partial charge in [0.1, 0.15) is 5.69 Å². The fourth-order valence-corrected chi connectivity index (χ4v) is 2.83. The van der Waals surface area contributed by atoms with E-state index in [2.05, 4.69) is 19.9 Å². The molecular weight excluding hydrogens is 292 g/mol. The van der Waals surface area contributed by atoms with Crippen LogP contribution in [0.5, 0.6) is 0 Å². The molecule has 8 heteroatoms. The quantitative estimate of drug-likeness (QED) is 0.810. The zero-order valence-electron chi connectivity index (χ0n) is 11.9. The summed E-state index contributed by atoms with van der Waals surface area (Å²) in [7, 11) is -1.96. The molecule has 0 saturated carbocycles. The number of nitrogens with one attached hydrogen (secondary N) is 2. The van der Waals surface area contributed by atoms with Crippen molar-refractivity contribution in [3.8, 4) is 11.4 Å². The second-order valence-corrected chi connectivity index (χ2v) is 6.71. The summed E-state index contributed by atoms with van der Waals surface area (Å²) < 4.78 is 32.0. The van der Waals surface area contributed by atoms with Gasteiger partial charge < -0.3 is 4.74 Å². The molecule has 0 bridgehead atoms. The Hall–Kier alpha value is -1.93. The minimum Gasteiger partial charge on any atom is -0.385 e. The highest BCUT2D eigenvalue weighted by molar-refractivity contribution is 7.93. The molecule has 2 aromatic rings. The van der Waals surface area contributed by atoms with Crippen molar-refractivity contribution >= 4 is 15.7 Å². The fourth-order valence-electron chi connectivity index (χ4n) is 1.76. The smallest absolute Gasteiger partial charge is 0.235 e. The van der Waals surface area contributed by atoms with Gasteiger partial charge in [-0.1, -0.05) is 6.07 Å². The number of methoxy groups -OCH3 is 1. The number of sulfonamides is 1. The summed E-state index contributed by atoms with van der Waals surface area (Å²) in [5.74, 6) is 0. The van der Waals surface area contributed by atoms with Crippen LogP contribution in [0.25, 0.3) is 11.4 Å². The van der Waals surface area contributed by atoms with E-state index in [1.165, 1.54) is 6.20 Å². The molecule has 0 amide bonds. The summed E-state index contributed by atoms with van der Waals surface area (Å²) in [6.45, 7) is 2.03. The molecule has 0 aliphatic heterocycles. The molecule has 0 aliphatic rings. The van der Waals surface area contributed by atoms with E-state index in [1.54, 1.807) is 32.4 Å². The maximum Gasteiger partial charge on any atom is 0.235 e. The van der Waals surface area contributed by atoms with Crippen molar-refractivity contribution < 1.29 is 13.2 Å². The first-order chi connectivity index (χ1) is 10.0. The number of aromatic amines is 1. The van der Waals surface area contributed by atoms with Crippen molar-refractivity contribution in [2.75, 3.05) is 18.4 Å². The molecule has 2 aromatic heterocycles. The predicted octanol–water partition coefficient (Wildman–Crippen LogP) is 1.64. The van der Waals surface area contributed by atoms with E-state index < -0.39 is 15.3 Å².